The molecule has 1 amide bonds. The zero-order chi connectivity index (χ0) is 19.3. The van der Waals surface area contributed by atoms with Gasteiger partial charge in [-0.25, -0.2) is 4.79 Å². The first-order valence-corrected chi connectivity index (χ1v) is 9.30. The van der Waals surface area contributed by atoms with Crippen molar-refractivity contribution in [2.75, 3.05) is 18.0 Å². The van der Waals surface area contributed by atoms with E-state index < -0.39 is 11.4 Å². The topological polar surface area (TPSA) is 91.6 Å². The quantitative estimate of drug-likeness (QED) is 0.861. The number of rotatable bonds is 4. The van der Waals surface area contributed by atoms with Gasteiger partial charge in [0, 0.05) is 49.4 Å². The van der Waals surface area contributed by atoms with Gasteiger partial charge in [0.2, 0.25) is 11.3 Å². The highest BCUT2D eigenvalue weighted by molar-refractivity contribution is 5.95. The summed E-state index contributed by atoms with van der Waals surface area (Å²) in [7, 11) is 0. The normalized spacial score (nSPS) is 19.5. The van der Waals surface area contributed by atoms with E-state index >= 15 is 0 Å². The lowest BCUT2D eigenvalue weighted by Gasteiger charge is -2.23. The molecule has 27 heavy (non-hydrogen) atoms. The summed E-state index contributed by atoms with van der Waals surface area (Å²) in [5.74, 6) is -1.21. The molecule has 1 saturated heterocycles. The van der Waals surface area contributed by atoms with E-state index in [9.17, 15) is 19.5 Å². The van der Waals surface area contributed by atoms with Crippen LogP contribution < -0.4 is 15.6 Å². The molecule has 2 aromatic rings. The predicted molar refractivity (Wildman–Crippen MR) is 103 cm³/mol. The van der Waals surface area contributed by atoms with E-state index in [1.54, 1.807) is 6.07 Å². The van der Waals surface area contributed by atoms with E-state index in [4.69, 9.17) is 0 Å². The summed E-state index contributed by atoms with van der Waals surface area (Å²) in [6, 6.07) is 4.03. The summed E-state index contributed by atoms with van der Waals surface area (Å²) in [5.41, 5.74) is 2.24. The number of aryl methyl sites for hydroxylation is 1. The van der Waals surface area contributed by atoms with Gasteiger partial charge in [0.05, 0.1) is 5.52 Å². The zero-order valence-corrected chi connectivity index (χ0v) is 15.5. The Morgan fingerprint density at radius 3 is 2.59 bits per heavy atom. The van der Waals surface area contributed by atoms with Crippen LogP contribution in [0.25, 0.3) is 10.9 Å². The molecule has 0 bridgehead atoms. The Kier molecular flexibility index (Phi) is 4.17. The average Bonchev–Trinajstić information content (AvgIpc) is 3.35. The standard InChI is InChI=1S/C20H23N3O4/c1-11-17(22-8-7-13(9-22)21-12(2)24)6-5-15-18(11)23(14-3-4-14)10-16(19(15)25)20(26)27/h5-6,10,13-14H,3-4,7-9H2,1-2H3,(H,21,24)(H,26,27). The first-order valence-electron chi connectivity index (χ1n) is 9.30. The number of hydrogen-bond acceptors (Lipinski definition) is 4. The number of fused-ring (bicyclic) bond motifs is 1. The lowest BCUT2D eigenvalue weighted by molar-refractivity contribution is -0.119. The molecule has 0 spiro atoms. The molecule has 2 fully saturated rings. The number of carboxylic acids is 1. The van der Waals surface area contributed by atoms with E-state index in [2.05, 4.69) is 10.2 Å². The summed E-state index contributed by atoms with van der Waals surface area (Å²) < 4.78 is 1.97. The van der Waals surface area contributed by atoms with Gasteiger partial charge in [-0.05, 0) is 43.9 Å². The number of anilines is 1. The van der Waals surface area contributed by atoms with Crippen molar-refractivity contribution >= 4 is 28.5 Å². The summed E-state index contributed by atoms with van der Waals surface area (Å²) >= 11 is 0. The fourth-order valence-corrected chi connectivity index (χ4v) is 4.13. The lowest BCUT2D eigenvalue weighted by Crippen LogP contribution is -2.35. The Balaban J connectivity index is 1.81. The third kappa shape index (κ3) is 3.07. The molecule has 1 aliphatic heterocycles. The van der Waals surface area contributed by atoms with Gasteiger partial charge >= 0.3 is 5.97 Å². The number of nitrogens with zero attached hydrogens (tertiary/aromatic N) is 2. The molecule has 1 unspecified atom stereocenters. The molecule has 7 heteroatoms. The first kappa shape index (κ1) is 17.6. The van der Waals surface area contributed by atoms with Crippen LogP contribution in [0.4, 0.5) is 5.69 Å². The second-order valence-corrected chi connectivity index (χ2v) is 7.55. The van der Waals surface area contributed by atoms with E-state index in [1.807, 2.05) is 17.6 Å². The maximum Gasteiger partial charge on any atom is 0.341 e. The molecule has 2 aliphatic rings. The molecule has 1 atom stereocenters. The highest BCUT2D eigenvalue weighted by atomic mass is 16.4. The van der Waals surface area contributed by atoms with Crippen LogP contribution in [-0.4, -0.2) is 40.7 Å². The molecule has 1 aromatic carbocycles. The summed E-state index contributed by atoms with van der Waals surface area (Å²) in [6.45, 7) is 5.07. The van der Waals surface area contributed by atoms with Crippen molar-refractivity contribution in [1.82, 2.24) is 9.88 Å². The second-order valence-electron chi connectivity index (χ2n) is 7.55. The largest absolute Gasteiger partial charge is 0.477 e. The molecule has 2 N–H and O–H groups in total. The Morgan fingerprint density at radius 2 is 1.96 bits per heavy atom. The average molecular weight is 369 g/mol. The van der Waals surface area contributed by atoms with Crippen molar-refractivity contribution in [1.29, 1.82) is 0 Å². The van der Waals surface area contributed by atoms with Crippen LogP contribution in [-0.2, 0) is 4.79 Å². The van der Waals surface area contributed by atoms with Gasteiger partial charge in [0.15, 0.2) is 0 Å². The third-order valence-electron chi connectivity index (χ3n) is 5.53. The van der Waals surface area contributed by atoms with E-state index in [-0.39, 0.29) is 23.6 Å². The Labute approximate surface area is 156 Å². The van der Waals surface area contributed by atoms with Crippen molar-refractivity contribution in [2.24, 2.45) is 0 Å². The number of aromatic nitrogens is 1. The number of benzene rings is 1. The molecule has 2 heterocycles. The molecule has 142 valence electrons. The number of aromatic carboxylic acids is 1. The van der Waals surface area contributed by atoms with Crippen LogP contribution in [0.3, 0.4) is 0 Å². The first-order chi connectivity index (χ1) is 12.9. The van der Waals surface area contributed by atoms with Gasteiger partial charge in [-0.3, -0.25) is 9.59 Å². The second kappa shape index (κ2) is 6.40. The van der Waals surface area contributed by atoms with Crippen molar-refractivity contribution in [3.05, 3.63) is 39.7 Å². The van der Waals surface area contributed by atoms with Crippen molar-refractivity contribution in [3.63, 3.8) is 0 Å². The zero-order valence-electron chi connectivity index (χ0n) is 15.5. The molecule has 7 nitrogen and oxygen atoms in total. The molecule has 4 rings (SSSR count). The summed E-state index contributed by atoms with van der Waals surface area (Å²) in [5, 5.41) is 12.8. The van der Waals surface area contributed by atoms with Crippen molar-refractivity contribution in [2.45, 2.75) is 45.2 Å². The summed E-state index contributed by atoms with van der Waals surface area (Å²) in [6.07, 6.45) is 4.38. The highest BCUT2D eigenvalue weighted by Gasteiger charge is 2.29. The van der Waals surface area contributed by atoms with Crippen LogP contribution in [0.1, 0.15) is 48.1 Å². The number of carbonyl (C=O) groups is 2. The number of carboxylic acid groups (broad SMARTS) is 1. The predicted octanol–water partition coefficient (Wildman–Crippen LogP) is 2.06. The fourth-order valence-electron chi connectivity index (χ4n) is 4.13. The SMILES string of the molecule is CC(=O)NC1CCN(c2ccc3c(=O)c(C(=O)O)cn(C4CC4)c3c2C)C1. The highest BCUT2D eigenvalue weighted by Crippen LogP contribution is 2.39. The number of nitrogens with one attached hydrogen (secondary N) is 1. The third-order valence-corrected chi connectivity index (χ3v) is 5.53. The van der Waals surface area contributed by atoms with E-state index in [0.29, 0.717) is 5.39 Å². The van der Waals surface area contributed by atoms with Gasteiger partial charge in [0.1, 0.15) is 5.56 Å². The van der Waals surface area contributed by atoms with Gasteiger partial charge in [-0.2, -0.15) is 0 Å². The van der Waals surface area contributed by atoms with Gasteiger partial charge in [-0.1, -0.05) is 0 Å². The van der Waals surface area contributed by atoms with E-state index in [0.717, 1.165) is 49.1 Å². The lowest BCUT2D eigenvalue weighted by atomic mass is 10.0. The van der Waals surface area contributed by atoms with Crippen LogP contribution in [0.5, 0.6) is 0 Å². The smallest absolute Gasteiger partial charge is 0.341 e. The monoisotopic (exact) mass is 369 g/mol. The molecular formula is C20H23N3O4. The van der Waals surface area contributed by atoms with Gasteiger partial charge in [-0.15, -0.1) is 0 Å². The minimum absolute atomic E-state index is 0.0270. The van der Waals surface area contributed by atoms with E-state index in [1.165, 1.54) is 13.1 Å². The molecule has 1 aliphatic carbocycles. The van der Waals surface area contributed by atoms with Gasteiger partial charge in [0.25, 0.3) is 0 Å². The van der Waals surface area contributed by atoms with Gasteiger partial charge < -0.3 is 19.9 Å². The maximum absolute atomic E-state index is 12.7. The van der Waals surface area contributed by atoms with Crippen LogP contribution in [0.2, 0.25) is 0 Å². The maximum atomic E-state index is 12.7. The number of pyridine rings is 1. The molecular weight excluding hydrogens is 346 g/mol. The Morgan fingerprint density at radius 1 is 1.22 bits per heavy atom. The van der Waals surface area contributed by atoms with Crippen LogP contribution in [0.15, 0.2) is 23.1 Å². The van der Waals surface area contributed by atoms with Crippen LogP contribution >= 0.6 is 0 Å². The molecule has 0 radical (unpaired) electrons. The minimum atomic E-state index is -1.18. The Bertz CT molecular complexity index is 1010. The van der Waals surface area contributed by atoms with Crippen molar-refractivity contribution < 1.29 is 14.7 Å². The molecule has 1 aromatic heterocycles. The number of hydrogen-bond donors (Lipinski definition) is 2. The minimum Gasteiger partial charge on any atom is -0.477 e. The Hall–Kier alpha value is -2.83. The number of carbonyl (C=O) groups excluding carboxylic acids is 1. The van der Waals surface area contributed by atoms with Crippen molar-refractivity contribution in [3.8, 4) is 0 Å². The number of amides is 1. The summed E-state index contributed by atoms with van der Waals surface area (Å²) in [4.78, 5) is 37.7. The van der Waals surface area contributed by atoms with Crippen LogP contribution in [0, 0.1) is 6.92 Å². The molecule has 1 saturated carbocycles. The fraction of sp³-hybridized carbons (Fsp3) is 0.450.